The van der Waals surface area contributed by atoms with Gasteiger partial charge in [-0.1, -0.05) is 175 Å². The number of fused-ring (bicyclic) bond motifs is 6. The minimum Gasteiger partial charge on any atom is -0.310 e. The van der Waals surface area contributed by atoms with Crippen LogP contribution in [-0.2, 0) is 0 Å². The van der Waals surface area contributed by atoms with Gasteiger partial charge in [-0.2, -0.15) is 0 Å². The van der Waals surface area contributed by atoms with Crippen molar-refractivity contribution in [2.45, 2.75) is 0 Å². The highest BCUT2D eigenvalue weighted by molar-refractivity contribution is 6.12. The van der Waals surface area contributed by atoms with Crippen LogP contribution in [0.2, 0.25) is 0 Å². The van der Waals surface area contributed by atoms with Gasteiger partial charge in [0.2, 0.25) is 0 Å². The molecule has 15 rings (SSSR count). The number of anilines is 6. The van der Waals surface area contributed by atoms with Crippen molar-refractivity contribution in [3.05, 3.63) is 326 Å². The molecule has 0 spiro atoms. The number of nitrogens with zero attached hydrogens (tertiary/aromatic N) is 4. The van der Waals surface area contributed by atoms with Crippen molar-refractivity contribution in [1.82, 2.24) is 9.13 Å². The molecule has 0 amide bonds. The Morgan fingerprint density at radius 1 is 0.233 bits per heavy atom. The van der Waals surface area contributed by atoms with E-state index in [1.807, 2.05) is 36.4 Å². The highest BCUT2D eigenvalue weighted by Crippen LogP contribution is 2.44. The topological polar surface area (TPSA) is 16.3 Å². The van der Waals surface area contributed by atoms with E-state index in [2.05, 4.69) is 310 Å². The van der Waals surface area contributed by atoms with E-state index >= 15 is 0 Å². The minimum absolute atomic E-state index is 0.655. The molecule has 2 heterocycles. The average Bonchev–Trinajstić information content (AvgIpc) is 1.66. The summed E-state index contributed by atoms with van der Waals surface area (Å²) < 4.78 is 4.72. The summed E-state index contributed by atoms with van der Waals surface area (Å²) in [6, 6.07) is 107. The predicted molar refractivity (Wildman–Crippen MR) is 378 cm³/mol. The van der Waals surface area contributed by atoms with Crippen molar-refractivity contribution in [1.29, 1.82) is 0 Å². The first-order chi connectivity index (χ1) is 44.5. The molecule has 0 fully saturated rings. The van der Waals surface area contributed by atoms with Gasteiger partial charge in [0.15, 0.2) is 0 Å². The SMILES string of the molecule is C#Cc1cccc(-c2cc(-c3cccc(-n4c5ccccc5c5cc(N(c6ccccc6)c6ccc(-c7ccc(N(c8ccccc8)c8ccc9c(c8)c8ccccc8n9-c8ccccc8)cc7)cc6)ccc54)c3)cc(-c3cccc(C#C)c3C#C)c2)c1C#C. The van der Waals surface area contributed by atoms with Crippen molar-refractivity contribution in [2.24, 2.45) is 0 Å². The molecule has 0 aliphatic carbocycles. The van der Waals surface area contributed by atoms with Crippen LogP contribution in [-0.4, -0.2) is 9.13 Å². The fourth-order valence-corrected chi connectivity index (χ4v) is 13.1. The molecule has 0 saturated carbocycles. The third kappa shape index (κ3) is 9.49. The number of terminal acetylenes is 4. The fourth-order valence-electron chi connectivity index (χ4n) is 13.1. The van der Waals surface area contributed by atoms with E-state index in [0.717, 1.165) is 112 Å². The molecule has 0 unspecified atom stereocenters. The first-order valence-corrected chi connectivity index (χ1v) is 29.9. The molecular weight excluding hydrogens is 1090 g/mol. The van der Waals surface area contributed by atoms with Crippen molar-refractivity contribution in [2.75, 3.05) is 9.80 Å². The van der Waals surface area contributed by atoms with Crippen molar-refractivity contribution in [3.63, 3.8) is 0 Å². The Hall–Kier alpha value is -12.7. The van der Waals surface area contributed by atoms with Gasteiger partial charge >= 0.3 is 0 Å². The molecule has 0 saturated heterocycles. The van der Waals surface area contributed by atoms with Crippen LogP contribution in [0, 0.1) is 49.4 Å². The molecule has 4 nitrogen and oxygen atoms in total. The Labute approximate surface area is 524 Å². The third-order valence-corrected chi connectivity index (χ3v) is 17.2. The molecule has 2 aromatic heterocycles. The Morgan fingerprint density at radius 2 is 0.611 bits per heavy atom. The van der Waals surface area contributed by atoms with Crippen LogP contribution in [0.25, 0.3) is 99.5 Å². The normalized spacial score (nSPS) is 11.1. The monoisotopic (exact) mass is 1140 g/mol. The van der Waals surface area contributed by atoms with E-state index in [-0.39, 0.29) is 0 Å². The maximum absolute atomic E-state index is 6.19. The first-order valence-electron chi connectivity index (χ1n) is 29.9. The average molecular weight is 1140 g/mol. The Kier molecular flexibility index (Phi) is 13.8. The lowest BCUT2D eigenvalue weighted by Gasteiger charge is -2.26. The van der Waals surface area contributed by atoms with E-state index in [4.69, 9.17) is 25.7 Å². The van der Waals surface area contributed by atoms with Gasteiger partial charge in [-0.25, -0.2) is 0 Å². The summed E-state index contributed by atoms with van der Waals surface area (Å²) in [4.78, 5) is 4.68. The number of hydrogen-bond acceptors (Lipinski definition) is 2. The van der Waals surface area contributed by atoms with Gasteiger partial charge in [0, 0.05) is 89.3 Å². The zero-order valence-electron chi connectivity index (χ0n) is 49.0. The van der Waals surface area contributed by atoms with Gasteiger partial charge in [0.1, 0.15) is 0 Å². The van der Waals surface area contributed by atoms with Gasteiger partial charge in [-0.15, -0.1) is 25.7 Å². The Balaban J connectivity index is 0.780. The number of para-hydroxylation sites is 5. The smallest absolute Gasteiger partial charge is 0.0542 e. The van der Waals surface area contributed by atoms with Crippen LogP contribution >= 0.6 is 0 Å². The second kappa shape index (κ2) is 22.9. The third-order valence-electron chi connectivity index (χ3n) is 17.2. The van der Waals surface area contributed by atoms with E-state index < -0.39 is 0 Å². The van der Waals surface area contributed by atoms with E-state index in [1.165, 1.54) is 21.8 Å². The number of benzene rings is 13. The van der Waals surface area contributed by atoms with Crippen molar-refractivity contribution < 1.29 is 0 Å². The van der Waals surface area contributed by atoms with Crippen molar-refractivity contribution in [3.8, 4) is 105 Å². The molecule has 0 atom stereocenters. The van der Waals surface area contributed by atoms with Crippen LogP contribution in [0.3, 0.4) is 0 Å². The van der Waals surface area contributed by atoms with Crippen molar-refractivity contribution >= 4 is 77.7 Å². The molecule has 0 aliphatic heterocycles. The van der Waals surface area contributed by atoms with Crippen LogP contribution in [0.1, 0.15) is 22.3 Å². The molecule has 418 valence electrons. The number of aromatic nitrogens is 2. The fraction of sp³-hybridized carbons (Fsp3) is 0. The van der Waals surface area contributed by atoms with Gasteiger partial charge in [0.25, 0.3) is 0 Å². The highest BCUT2D eigenvalue weighted by Gasteiger charge is 2.22. The Morgan fingerprint density at radius 3 is 1.08 bits per heavy atom. The zero-order chi connectivity index (χ0) is 60.7. The maximum Gasteiger partial charge on any atom is 0.0542 e. The maximum atomic E-state index is 6.19. The molecule has 0 aliphatic rings. The molecule has 13 aromatic carbocycles. The summed E-state index contributed by atoms with van der Waals surface area (Å²) in [6.45, 7) is 0. The molecule has 15 aromatic rings. The second-order valence-corrected chi connectivity index (χ2v) is 22.3. The summed E-state index contributed by atoms with van der Waals surface area (Å²) in [7, 11) is 0. The molecule has 4 heteroatoms. The molecular formula is C86H54N4. The summed E-state index contributed by atoms with van der Waals surface area (Å²) in [6.07, 6.45) is 24.4. The van der Waals surface area contributed by atoms with Gasteiger partial charge < -0.3 is 18.9 Å². The summed E-state index contributed by atoms with van der Waals surface area (Å²) >= 11 is 0. The van der Waals surface area contributed by atoms with E-state index in [1.54, 1.807) is 0 Å². The lowest BCUT2D eigenvalue weighted by molar-refractivity contribution is 1.18. The zero-order valence-corrected chi connectivity index (χ0v) is 49.0. The molecule has 0 N–H and O–H groups in total. The lowest BCUT2D eigenvalue weighted by atomic mass is 9.88. The minimum atomic E-state index is 0.655. The molecule has 0 bridgehead atoms. The van der Waals surface area contributed by atoms with E-state index in [0.29, 0.717) is 22.3 Å². The van der Waals surface area contributed by atoms with E-state index in [9.17, 15) is 0 Å². The first kappa shape index (κ1) is 54.0. The molecule has 90 heavy (non-hydrogen) atoms. The van der Waals surface area contributed by atoms with Crippen LogP contribution in [0.5, 0.6) is 0 Å². The van der Waals surface area contributed by atoms with Crippen LogP contribution in [0.15, 0.2) is 303 Å². The van der Waals surface area contributed by atoms with Crippen LogP contribution < -0.4 is 9.80 Å². The largest absolute Gasteiger partial charge is 0.310 e. The number of hydrogen-bond donors (Lipinski definition) is 0. The predicted octanol–water partition coefficient (Wildman–Crippen LogP) is 21.4. The summed E-state index contributed by atoms with van der Waals surface area (Å²) in [5.74, 6) is 11.4. The standard InChI is InChI=1S/C86H54N4/c1-5-59-25-23-37-77(75(59)7-3)65-53-64(54-66(55-65)78-38-24-26-60(6-2)76(78)8-4)63-27-22-34-72(56-63)90-84-40-21-19-36-80(84)82-58-74(50-52-86(82)90)88(68-30-14-10-15-31-68)71-47-43-62(44-48-71)61-41-45-70(46-42-61)87(67-28-12-9-13-29-67)73-49-51-85-81(57-73)79-35-18-20-39-83(79)89(85)69-32-16-11-17-33-69/h1-4,9-58H. The van der Waals surface area contributed by atoms with Gasteiger partial charge in [-0.3, -0.25) is 0 Å². The van der Waals surface area contributed by atoms with Gasteiger partial charge in [0.05, 0.1) is 22.1 Å². The Bertz CT molecular complexity index is 5360. The lowest BCUT2D eigenvalue weighted by Crippen LogP contribution is -2.10. The molecule has 0 radical (unpaired) electrons. The summed E-state index contributed by atoms with van der Waals surface area (Å²) in [5, 5.41) is 4.69. The second-order valence-electron chi connectivity index (χ2n) is 22.3. The quantitative estimate of drug-likeness (QED) is 0.113. The van der Waals surface area contributed by atoms with Gasteiger partial charge in [-0.05, 0) is 196 Å². The van der Waals surface area contributed by atoms with Crippen LogP contribution in [0.4, 0.5) is 34.1 Å². The summed E-state index contributed by atoms with van der Waals surface area (Å²) in [5.41, 5.74) is 23.4. The highest BCUT2D eigenvalue weighted by atomic mass is 15.1. The number of rotatable bonds is 12.